The third-order valence-electron chi connectivity index (χ3n) is 3.10. The fraction of sp³-hybridized carbons (Fsp3) is 0.286. The summed E-state index contributed by atoms with van der Waals surface area (Å²) < 4.78 is 11.3. The van der Waals surface area contributed by atoms with Gasteiger partial charge in [-0.2, -0.15) is 0 Å². The van der Waals surface area contributed by atoms with E-state index in [9.17, 15) is 0 Å². The highest BCUT2D eigenvalue weighted by molar-refractivity contribution is 7.10. The van der Waals surface area contributed by atoms with E-state index in [4.69, 9.17) is 15.3 Å². The molecule has 0 spiro atoms. The van der Waals surface area contributed by atoms with Crippen molar-refractivity contribution in [1.82, 2.24) is 5.43 Å². The molecule has 4 nitrogen and oxygen atoms in total. The molecule has 1 aliphatic heterocycles. The van der Waals surface area contributed by atoms with Gasteiger partial charge in [0.25, 0.3) is 0 Å². The first-order valence-corrected chi connectivity index (χ1v) is 7.15. The first kappa shape index (κ1) is 12.5. The molecule has 1 aromatic carbocycles. The number of nitrogens with two attached hydrogens (primary N) is 1. The smallest absolute Gasteiger partial charge is 0.161 e. The number of nitrogens with one attached hydrogen (secondary N) is 1. The van der Waals surface area contributed by atoms with E-state index < -0.39 is 0 Å². The minimum absolute atomic E-state index is 0.0165. The van der Waals surface area contributed by atoms with Gasteiger partial charge in [0, 0.05) is 11.3 Å². The van der Waals surface area contributed by atoms with E-state index in [2.05, 4.69) is 11.5 Å². The Balaban J connectivity index is 1.94. The van der Waals surface area contributed by atoms with Crippen LogP contribution in [0.4, 0.5) is 0 Å². The first-order valence-electron chi connectivity index (χ1n) is 6.27. The first-order chi connectivity index (χ1) is 9.38. The van der Waals surface area contributed by atoms with Gasteiger partial charge in [0.15, 0.2) is 11.5 Å². The number of ether oxygens (including phenoxy) is 2. The average molecular weight is 276 g/mol. The summed E-state index contributed by atoms with van der Waals surface area (Å²) in [7, 11) is 0. The van der Waals surface area contributed by atoms with Crippen LogP contribution in [-0.2, 0) is 0 Å². The molecule has 3 N–H and O–H groups in total. The van der Waals surface area contributed by atoms with Crippen molar-refractivity contribution >= 4 is 11.3 Å². The molecule has 0 aliphatic carbocycles. The van der Waals surface area contributed by atoms with E-state index in [0.29, 0.717) is 13.2 Å². The Morgan fingerprint density at radius 2 is 2.00 bits per heavy atom. The lowest BCUT2D eigenvalue weighted by Gasteiger charge is -2.16. The summed E-state index contributed by atoms with van der Waals surface area (Å²) in [6.07, 6.45) is 0.910. The largest absolute Gasteiger partial charge is 0.490 e. The van der Waals surface area contributed by atoms with Gasteiger partial charge in [-0.1, -0.05) is 12.1 Å². The summed E-state index contributed by atoms with van der Waals surface area (Å²) in [5.41, 5.74) is 3.94. The van der Waals surface area contributed by atoms with Crippen molar-refractivity contribution in [2.75, 3.05) is 13.2 Å². The van der Waals surface area contributed by atoms with E-state index in [-0.39, 0.29) is 6.04 Å². The van der Waals surface area contributed by atoms with Gasteiger partial charge in [-0.3, -0.25) is 5.84 Å². The molecule has 0 saturated carbocycles. The molecule has 1 aromatic heterocycles. The Hall–Kier alpha value is -1.56. The van der Waals surface area contributed by atoms with Crippen LogP contribution in [0.25, 0.3) is 0 Å². The number of hydrogen-bond donors (Lipinski definition) is 2. The zero-order valence-corrected chi connectivity index (χ0v) is 11.3. The van der Waals surface area contributed by atoms with E-state index >= 15 is 0 Å². The van der Waals surface area contributed by atoms with Crippen LogP contribution in [0.2, 0.25) is 0 Å². The summed E-state index contributed by atoms with van der Waals surface area (Å²) in [4.78, 5) is 1.18. The van der Waals surface area contributed by atoms with E-state index in [1.807, 2.05) is 29.6 Å². The van der Waals surface area contributed by atoms with Crippen molar-refractivity contribution in [3.8, 4) is 11.5 Å². The van der Waals surface area contributed by atoms with E-state index in [0.717, 1.165) is 23.5 Å². The number of benzene rings is 1. The SMILES string of the molecule is NNC(c1ccc2c(c1)OCCCO2)c1cccs1. The van der Waals surface area contributed by atoms with Crippen LogP contribution in [0.3, 0.4) is 0 Å². The molecule has 1 aliphatic rings. The highest BCUT2D eigenvalue weighted by atomic mass is 32.1. The van der Waals surface area contributed by atoms with Gasteiger partial charge in [-0.05, 0) is 29.1 Å². The third kappa shape index (κ3) is 2.58. The van der Waals surface area contributed by atoms with Crippen molar-refractivity contribution in [2.24, 2.45) is 5.84 Å². The van der Waals surface area contributed by atoms with Crippen molar-refractivity contribution in [1.29, 1.82) is 0 Å². The van der Waals surface area contributed by atoms with Crippen molar-refractivity contribution in [3.63, 3.8) is 0 Å². The van der Waals surface area contributed by atoms with Crippen LogP contribution in [0.5, 0.6) is 11.5 Å². The second-order valence-electron chi connectivity index (χ2n) is 4.37. The van der Waals surface area contributed by atoms with Gasteiger partial charge in [0.1, 0.15) is 0 Å². The fourth-order valence-corrected chi connectivity index (χ4v) is 2.97. The minimum Gasteiger partial charge on any atom is -0.490 e. The molecular formula is C14H16N2O2S. The molecule has 19 heavy (non-hydrogen) atoms. The molecule has 0 saturated heterocycles. The minimum atomic E-state index is -0.0165. The Morgan fingerprint density at radius 3 is 2.74 bits per heavy atom. The van der Waals surface area contributed by atoms with Gasteiger partial charge in [0.2, 0.25) is 0 Å². The maximum absolute atomic E-state index is 5.71. The van der Waals surface area contributed by atoms with Gasteiger partial charge >= 0.3 is 0 Å². The molecule has 5 heteroatoms. The van der Waals surface area contributed by atoms with Crippen LogP contribution in [-0.4, -0.2) is 13.2 Å². The fourth-order valence-electron chi connectivity index (χ4n) is 2.16. The van der Waals surface area contributed by atoms with Crippen LogP contribution in [0.1, 0.15) is 22.9 Å². The predicted octanol–water partition coefficient (Wildman–Crippen LogP) is 2.46. The summed E-state index contributed by atoms with van der Waals surface area (Å²) in [5.74, 6) is 7.29. The molecule has 2 aromatic rings. The quantitative estimate of drug-likeness (QED) is 0.668. The summed E-state index contributed by atoms with van der Waals surface area (Å²) in [5, 5.41) is 2.04. The number of fused-ring (bicyclic) bond motifs is 1. The predicted molar refractivity (Wildman–Crippen MR) is 75.5 cm³/mol. The summed E-state index contributed by atoms with van der Waals surface area (Å²) in [6.45, 7) is 1.39. The van der Waals surface area contributed by atoms with Gasteiger partial charge in [-0.25, -0.2) is 5.43 Å². The Labute approximate surface area is 116 Å². The maximum Gasteiger partial charge on any atom is 0.161 e. The monoisotopic (exact) mass is 276 g/mol. The highest BCUT2D eigenvalue weighted by Gasteiger charge is 2.17. The van der Waals surface area contributed by atoms with Gasteiger partial charge in [-0.15, -0.1) is 11.3 Å². The Kier molecular flexibility index (Phi) is 3.68. The summed E-state index contributed by atoms with van der Waals surface area (Å²) >= 11 is 1.68. The van der Waals surface area contributed by atoms with Gasteiger partial charge in [0.05, 0.1) is 19.3 Å². The molecule has 1 atom stereocenters. The Bertz CT molecular complexity index is 542. The second-order valence-corrected chi connectivity index (χ2v) is 5.35. The lowest BCUT2D eigenvalue weighted by molar-refractivity contribution is 0.297. The van der Waals surface area contributed by atoms with E-state index in [1.165, 1.54) is 4.88 Å². The molecule has 0 radical (unpaired) electrons. The number of hydrazine groups is 1. The van der Waals surface area contributed by atoms with Crippen molar-refractivity contribution in [2.45, 2.75) is 12.5 Å². The maximum atomic E-state index is 5.71. The molecular weight excluding hydrogens is 260 g/mol. The van der Waals surface area contributed by atoms with Gasteiger partial charge < -0.3 is 9.47 Å². The lowest BCUT2D eigenvalue weighted by atomic mass is 10.1. The number of hydrogen-bond acceptors (Lipinski definition) is 5. The van der Waals surface area contributed by atoms with Crippen LogP contribution in [0.15, 0.2) is 35.7 Å². The molecule has 1 unspecified atom stereocenters. The zero-order chi connectivity index (χ0) is 13.1. The second kappa shape index (κ2) is 5.61. The Morgan fingerprint density at radius 1 is 1.16 bits per heavy atom. The van der Waals surface area contributed by atoms with Crippen LogP contribution in [0, 0.1) is 0 Å². The molecule has 2 heterocycles. The number of thiophene rings is 1. The normalized spacial score (nSPS) is 15.8. The molecule has 0 amide bonds. The van der Waals surface area contributed by atoms with E-state index in [1.54, 1.807) is 11.3 Å². The van der Waals surface area contributed by atoms with Crippen LogP contribution < -0.4 is 20.7 Å². The standard InChI is InChI=1S/C14H16N2O2S/c15-16-14(13-3-1-8-19-13)10-4-5-11-12(9-10)18-7-2-6-17-11/h1,3-5,8-9,14,16H,2,6-7,15H2. The highest BCUT2D eigenvalue weighted by Crippen LogP contribution is 2.34. The molecule has 100 valence electrons. The lowest BCUT2D eigenvalue weighted by Crippen LogP contribution is -2.28. The topological polar surface area (TPSA) is 56.5 Å². The molecule has 0 bridgehead atoms. The molecule has 0 fully saturated rings. The number of rotatable bonds is 3. The van der Waals surface area contributed by atoms with Crippen molar-refractivity contribution in [3.05, 3.63) is 46.2 Å². The average Bonchev–Trinajstić information content (AvgIpc) is 2.85. The van der Waals surface area contributed by atoms with Crippen molar-refractivity contribution < 1.29 is 9.47 Å². The zero-order valence-electron chi connectivity index (χ0n) is 10.5. The van der Waals surface area contributed by atoms with Crippen LogP contribution >= 0.6 is 11.3 Å². The summed E-state index contributed by atoms with van der Waals surface area (Å²) in [6, 6.07) is 10.1. The third-order valence-corrected chi connectivity index (χ3v) is 4.04. The molecule has 3 rings (SSSR count).